The lowest BCUT2D eigenvalue weighted by molar-refractivity contribution is 0.743. The third-order valence-corrected chi connectivity index (χ3v) is 3.63. The highest BCUT2D eigenvalue weighted by atomic mass is 35.5. The molecule has 0 unspecified atom stereocenters. The van der Waals surface area contributed by atoms with Crippen molar-refractivity contribution in [1.29, 1.82) is 0 Å². The lowest BCUT2D eigenvalue weighted by atomic mass is 10.4. The second-order valence-corrected chi connectivity index (χ2v) is 5.18. The van der Waals surface area contributed by atoms with E-state index in [0.29, 0.717) is 12.4 Å². The number of imidazole rings is 1. The molecule has 3 rings (SSSR count). The molecular formula is C12H11ClN4S. The molecule has 0 spiro atoms. The summed E-state index contributed by atoms with van der Waals surface area (Å²) in [6.45, 7) is 0.706. The first kappa shape index (κ1) is 11.6. The first-order chi connectivity index (χ1) is 8.88. The Morgan fingerprint density at radius 1 is 1.28 bits per heavy atom. The zero-order valence-corrected chi connectivity index (χ0v) is 11.2. The number of pyridine rings is 1. The van der Waals surface area contributed by atoms with Crippen molar-refractivity contribution in [1.82, 2.24) is 19.5 Å². The lowest BCUT2D eigenvalue weighted by Crippen LogP contribution is -2.06. The molecule has 18 heavy (non-hydrogen) atoms. The van der Waals surface area contributed by atoms with Crippen molar-refractivity contribution >= 4 is 34.1 Å². The highest BCUT2D eigenvalue weighted by Crippen LogP contribution is 2.17. The largest absolute Gasteiger partial charge is 0.306 e. The Hall–Kier alpha value is -1.46. The van der Waals surface area contributed by atoms with Gasteiger partial charge in [-0.25, -0.2) is 15.0 Å². The standard InChI is InChI=1S/C12H11ClN4S/c13-4-3-10-16-9-2-1-5-15-12(9)17(10)8-11-14-6-7-18-11/h1-2,5-7H,3-4,8H2. The van der Waals surface area contributed by atoms with Crippen molar-refractivity contribution in [2.24, 2.45) is 0 Å². The monoisotopic (exact) mass is 278 g/mol. The van der Waals surface area contributed by atoms with Crippen LogP contribution in [0.4, 0.5) is 0 Å². The van der Waals surface area contributed by atoms with Gasteiger partial charge in [0.2, 0.25) is 0 Å². The predicted octanol–water partition coefficient (Wildman–Crippen LogP) is 2.72. The smallest absolute Gasteiger partial charge is 0.160 e. The van der Waals surface area contributed by atoms with Crippen molar-refractivity contribution in [3.63, 3.8) is 0 Å². The van der Waals surface area contributed by atoms with Gasteiger partial charge < -0.3 is 4.57 Å². The number of hydrogen-bond acceptors (Lipinski definition) is 4. The SMILES string of the molecule is ClCCc1nc2cccnc2n1Cc1nccs1. The number of fused-ring (bicyclic) bond motifs is 1. The summed E-state index contributed by atoms with van der Waals surface area (Å²) in [4.78, 5) is 13.3. The molecule has 0 aliphatic heterocycles. The van der Waals surface area contributed by atoms with Crippen molar-refractivity contribution in [2.75, 3.05) is 5.88 Å². The molecular weight excluding hydrogens is 268 g/mol. The highest BCUT2D eigenvalue weighted by molar-refractivity contribution is 7.09. The Morgan fingerprint density at radius 3 is 3.00 bits per heavy atom. The third-order valence-electron chi connectivity index (χ3n) is 2.68. The zero-order valence-electron chi connectivity index (χ0n) is 9.58. The molecule has 3 aromatic rings. The quantitative estimate of drug-likeness (QED) is 0.689. The topological polar surface area (TPSA) is 43.6 Å². The molecule has 92 valence electrons. The second kappa shape index (κ2) is 5.04. The summed E-state index contributed by atoms with van der Waals surface area (Å²) in [7, 11) is 0. The first-order valence-corrected chi connectivity index (χ1v) is 7.04. The van der Waals surface area contributed by atoms with Crippen molar-refractivity contribution in [3.05, 3.63) is 40.7 Å². The van der Waals surface area contributed by atoms with Crippen LogP contribution in [0.1, 0.15) is 10.8 Å². The van der Waals surface area contributed by atoms with Crippen LogP contribution in [0.25, 0.3) is 11.2 Å². The number of alkyl halides is 1. The summed E-state index contributed by atoms with van der Waals surface area (Å²) in [5, 5.41) is 3.03. The van der Waals surface area contributed by atoms with Crippen LogP contribution in [0.2, 0.25) is 0 Å². The average molecular weight is 279 g/mol. The summed E-state index contributed by atoms with van der Waals surface area (Å²) >= 11 is 7.47. The van der Waals surface area contributed by atoms with Crippen LogP contribution in [0.15, 0.2) is 29.9 Å². The van der Waals surface area contributed by atoms with E-state index in [1.54, 1.807) is 17.5 Å². The van der Waals surface area contributed by atoms with E-state index in [2.05, 4.69) is 19.5 Å². The molecule has 0 saturated heterocycles. The summed E-state index contributed by atoms with van der Waals surface area (Å²) in [5.74, 6) is 1.52. The highest BCUT2D eigenvalue weighted by Gasteiger charge is 2.12. The van der Waals surface area contributed by atoms with Crippen LogP contribution in [-0.4, -0.2) is 25.4 Å². The van der Waals surface area contributed by atoms with Gasteiger partial charge in [0.25, 0.3) is 0 Å². The van der Waals surface area contributed by atoms with E-state index in [9.17, 15) is 0 Å². The van der Waals surface area contributed by atoms with E-state index in [0.717, 1.165) is 28.4 Å². The Balaban J connectivity index is 2.09. The fourth-order valence-corrected chi connectivity index (χ4v) is 2.69. The summed E-state index contributed by atoms with van der Waals surface area (Å²) in [6.07, 6.45) is 4.34. The van der Waals surface area contributed by atoms with E-state index in [4.69, 9.17) is 11.6 Å². The number of nitrogens with zero attached hydrogens (tertiary/aromatic N) is 4. The Labute approximate surface area is 113 Å². The fraction of sp³-hybridized carbons (Fsp3) is 0.250. The van der Waals surface area contributed by atoms with Crippen LogP contribution in [0.5, 0.6) is 0 Å². The van der Waals surface area contributed by atoms with Crippen LogP contribution in [0.3, 0.4) is 0 Å². The van der Waals surface area contributed by atoms with E-state index >= 15 is 0 Å². The number of rotatable bonds is 4. The third kappa shape index (κ3) is 2.11. The van der Waals surface area contributed by atoms with Crippen LogP contribution < -0.4 is 0 Å². The van der Waals surface area contributed by atoms with E-state index in [1.165, 1.54) is 0 Å². The van der Waals surface area contributed by atoms with E-state index < -0.39 is 0 Å². The average Bonchev–Trinajstić information content (AvgIpc) is 3.00. The lowest BCUT2D eigenvalue weighted by Gasteiger charge is -2.05. The number of halogens is 1. The molecule has 0 aliphatic carbocycles. The molecule has 0 aliphatic rings. The van der Waals surface area contributed by atoms with Gasteiger partial charge in [-0.05, 0) is 12.1 Å². The minimum atomic E-state index is 0.557. The number of hydrogen-bond donors (Lipinski definition) is 0. The van der Waals surface area contributed by atoms with Crippen molar-refractivity contribution < 1.29 is 0 Å². The van der Waals surface area contributed by atoms with Gasteiger partial charge in [-0.1, -0.05) is 0 Å². The fourth-order valence-electron chi connectivity index (χ4n) is 1.91. The van der Waals surface area contributed by atoms with Gasteiger partial charge in [0.05, 0.1) is 6.54 Å². The summed E-state index contributed by atoms with van der Waals surface area (Å²) in [5.41, 5.74) is 1.81. The second-order valence-electron chi connectivity index (χ2n) is 3.83. The molecule has 0 bridgehead atoms. The van der Waals surface area contributed by atoms with Gasteiger partial charge >= 0.3 is 0 Å². The Kier molecular flexibility index (Phi) is 3.25. The zero-order chi connectivity index (χ0) is 12.4. The van der Waals surface area contributed by atoms with Crippen LogP contribution in [-0.2, 0) is 13.0 Å². The maximum absolute atomic E-state index is 5.83. The number of aryl methyl sites for hydroxylation is 1. The molecule has 0 saturated carbocycles. The van der Waals surface area contributed by atoms with Crippen molar-refractivity contribution in [2.45, 2.75) is 13.0 Å². The van der Waals surface area contributed by atoms with Crippen LogP contribution >= 0.6 is 22.9 Å². The molecule has 0 fully saturated rings. The van der Waals surface area contributed by atoms with Gasteiger partial charge in [-0.2, -0.15) is 0 Å². The normalized spacial score (nSPS) is 11.2. The van der Waals surface area contributed by atoms with E-state index in [-0.39, 0.29) is 0 Å². The summed E-state index contributed by atoms with van der Waals surface area (Å²) in [6, 6.07) is 3.87. The molecule has 3 aromatic heterocycles. The molecule has 0 aromatic carbocycles. The van der Waals surface area contributed by atoms with E-state index in [1.807, 2.05) is 23.7 Å². The van der Waals surface area contributed by atoms with Gasteiger partial charge in [-0.15, -0.1) is 22.9 Å². The van der Waals surface area contributed by atoms with Crippen molar-refractivity contribution in [3.8, 4) is 0 Å². The summed E-state index contributed by atoms with van der Waals surface area (Å²) < 4.78 is 2.09. The number of aromatic nitrogens is 4. The van der Waals surface area contributed by atoms with Gasteiger partial charge in [0.15, 0.2) is 5.65 Å². The molecule has 0 radical (unpaired) electrons. The molecule has 6 heteroatoms. The maximum Gasteiger partial charge on any atom is 0.160 e. The molecule has 3 heterocycles. The predicted molar refractivity (Wildman–Crippen MR) is 73.2 cm³/mol. The van der Waals surface area contributed by atoms with Gasteiger partial charge in [0, 0.05) is 30.1 Å². The minimum Gasteiger partial charge on any atom is -0.306 e. The molecule has 4 nitrogen and oxygen atoms in total. The number of thiazole rings is 1. The molecule has 0 atom stereocenters. The maximum atomic E-state index is 5.83. The minimum absolute atomic E-state index is 0.557. The molecule has 0 N–H and O–H groups in total. The molecule has 0 amide bonds. The Morgan fingerprint density at radius 2 is 2.22 bits per heavy atom. The van der Waals surface area contributed by atoms with Crippen LogP contribution in [0, 0.1) is 0 Å². The Bertz CT molecular complexity index is 647. The van der Waals surface area contributed by atoms with Gasteiger partial charge in [-0.3, -0.25) is 0 Å². The first-order valence-electron chi connectivity index (χ1n) is 5.63. The van der Waals surface area contributed by atoms with Gasteiger partial charge in [0.1, 0.15) is 16.3 Å².